The van der Waals surface area contributed by atoms with E-state index in [4.69, 9.17) is 11.6 Å². The zero-order chi connectivity index (χ0) is 18.9. The summed E-state index contributed by atoms with van der Waals surface area (Å²) in [5.41, 5.74) is 0.510. The summed E-state index contributed by atoms with van der Waals surface area (Å²) in [6.45, 7) is 1.20. The Morgan fingerprint density at radius 2 is 2.15 bits per heavy atom. The number of halogens is 2. The van der Waals surface area contributed by atoms with Crippen LogP contribution < -0.4 is 0 Å². The van der Waals surface area contributed by atoms with Crippen molar-refractivity contribution in [2.45, 2.75) is 31.8 Å². The van der Waals surface area contributed by atoms with Crippen molar-refractivity contribution in [1.82, 2.24) is 18.2 Å². The second-order valence-electron chi connectivity index (χ2n) is 6.60. The maximum Gasteiger partial charge on any atom is 0.308 e. The van der Waals surface area contributed by atoms with Crippen LogP contribution >= 0.6 is 11.6 Å². The fourth-order valence-corrected chi connectivity index (χ4v) is 4.47. The summed E-state index contributed by atoms with van der Waals surface area (Å²) in [4.78, 5) is 6.37. The molecule has 142 valence electrons. The van der Waals surface area contributed by atoms with Gasteiger partial charge in [0, 0.05) is 43.1 Å². The van der Waals surface area contributed by atoms with E-state index in [0.717, 1.165) is 23.7 Å². The first-order valence-corrected chi connectivity index (χ1v) is 10.2. The summed E-state index contributed by atoms with van der Waals surface area (Å²) in [5.74, 6) is 0.145. The van der Waals surface area contributed by atoms with Crippen molar-refractivity contribution < 1.29 is 12.8 Å². The zero-order valence-corrected chi connectivity index (χ0v) is 16.3. The van der Waals surface area contributed by atoms with Crippen LogP contribution in [0.2, 0.25) is 5.02 Å². The number of aromatic nitrogens is 2. The van der Waals surface area contributed by atoms with Crippen LogP contribution in [0.15, 0.2) is 30.6 Å². The molecule has 6 nitrogen and oxygen atoms in total. The Morgan fingerprint density at radius 1 is 1.38 bits per heavy atom. The van der Waals surface area contributed by atoms with Gasteiger partial charge in [0.25, 0.3) is 0 Å². The van der Waals surface area contributed by atoms with Gasteiger partial charge in [-0.25, -0.2) is 13.3 Å². The van der Waals surface area contributed by atoms with E-state index in [9.17, 15) is 12.8 Å². The van der Waals surface area contributed by atoms with Crippen molar-refractivity contribution in [2.75, 3.05) is 20.6 Å². The molecule has 9 heteroatoms. The maximum atomic E-state index is 14.1. The molecule has 0 aliphatic carbocycles. The topological polar surface area (TPSA) is 58.4 Å². The number of hydrogen-bond acceptors (Lipinski definition) is 4. The Balaban J connectivity index is 1.80. The van der Waals surface area contributed by atoms with Crippen LogP contribution in [0.4, 0.5) is 4.39 Å². The minimum absolute atomic E-state index is 0.0941. The molecule has 2 heterocycles. The fraction of sp³-hybridized carbons (Fsp3) is 0.471. The van der Waals surface area contributed by atoms with E-state index in [0.29, 0.717) is 29.4 Å². The summed E-state index contributed by atoms with van der Waals surface area (Å²) < 4.78 is 41.3. The zero-order valence-electron chi connectivity index (χ0n) is 14.8. The van der Waals surface area contributed by atoms with Gasteiger partial charge in [0.05, 0.1) is 6.54 Å². The van der Waals surface area contributed by atoms with Crippen LogP contribution in [0, 0.1) is 5.82 Å². The highest BCUT2D eigenvalue weighted by Gasteiger charge is 2.29. The quantitative estimate of drug-likeness (QED) is 0.747. The van der Waals surface area contributed by atoms with Gasteiger partial charge in [0.15, 0.2) is 0 Å². The smallest absolute Gasteiger partial charge is 0.293 e. The minimum atomic E-state index is -3.62. The van der Waals surface area contributed by atoms with Gasteiger partial charge in [0.1, 0.15) is 11.6 Å². The summed E-state index contributed by atoms with van der Waals surface area (Å²) >= 11 is 6.16. The third kappa shape index (κ3) is 3.78. The Bertz CT molecular complexity index is 864. The van der Waals surface area contributed by atoms with Crippen LogP contribution in [0.3, 0.4) is 0 Å². The van der Waals surface area contributed by atoms with E-state index in [2.05, 4.69) is 9.88 Å². The molecule has 0 spiro atoms. The van der Waals surface area contributed by atoms with E-state index in [1.54, 1.807) is 12.1 Å². The van der Waals surface area contributed by atoms with Crippen LogP contribution in [0.5, 0.6) is 0 Å². The van der Waals surface area contributed by atoms with Gasteiger partial charge in [-0.2, -0.15) is 12.7 Å². The van der Waals surface area contributed by atoms with Gasteiger partial charge in [-0.05, 0) is 37.9 Å². The predicted molar refractivity (Wildman–Crippen MR) is 98.8 cm³/mol. The molecule has 0 radical (unpaired) electrons. The van der Waals surface area contributed by atoms with Gasteiger partial charge < -0.3 is 0 Å². The van der Waals surface area contributed by atoms with Crippen LogP contribution in [-0.4, -0.2) is 53.3 Å². The van der Waals surface area contributed by atoms with Crippen molar-refractivity contribution in [3.8, 4) is 0 Å². The lowest BCUT2D eigenvalue weighted by molar-refractivity contribution is 0.236. The third-order valence-electron chi connectivity index (χ3n) is 4.74. The molecule has 0 bridgehead atoms. The molecule has 0 amide bonds. The normalized spacial score (nSPS) is 18.7. The highest BCUT2D eigenvalue weighted by atomic mass is 35.5. The van der Waals surface area contributed by atoms with Gasteiger partial charge in [-0.1, -0.05) is 17.7 Å². The second-order valence-corrected chi connectivity index (χ2v) is 9.03. The summed E-state index contributed by atoms with van der Waals surface area (Å²) in [6.07, 6.45) is 5.30. The number of nitrogens with zero attached hydrogens (tertiary/aromatic N) is 4. The molecule has 1 unspecified atom stereocenters. The van der Waals surface area contributed by atoms with Crippen molar-refractivity contribution in [3.05, 3.63) is 52.8 Å². The Morgan fingerprint density at radius 3 is 2.85 bits per heavy atom. The fourth-order valence-electron chi connectivity index (χ4n) is 3.30. The average Bonchev–Trinajstić information content (AvgIpc) is 3.21. The molecule has 26 heavy (non-hydrogen) atoms. The lowest BCUT2D eigenvalue weighted by Gasteiger charge is -2.25. The van der Waals surface area contributed by atoms with E-state index < -0.39 is 10.2 Å². The largest absolute Gasteiger partial charge is 0.308 e. The molecular formula is C17H22ClFN4O2S. The monoisotopic (exact) mass is 400 g/mol. The van der Waals surface area contributed by atoms with Crippen molar-refractivity contribution >= 4 is 21.8 Å². The highest BCUT2D eigenvalue weighted by Crippen LogP contribution is 2.27. The SMILES string of the molecule is CN(C)S(=O)(=O)n1ccnc1CN1CCCC1Cc1c(F)cccc1Cl. The van der Waals surface area contributed by atoms with Crippen molar-refractivity contribution in [2.24, 2.45) is 0 Å². The third-order valence-corrected chi connectivity index (χ3v) is 6.84. The Hall–Kier alpha value is -1.48. The van der Waals surface area contributed by atoms with Crippen molar-refractivity contribution in [1.29, 1.82) is 0 Å². The van der Waals surface area contributed by atoms with Crippen LogP contribution in [-0.2, 0) is 23.2 Å². The van der Waals surface area contributed by atoms with Crippen LogP contribution in [0.25, 0.3) is 0 Å². The summed E-state index contributed by atoms with van der Waals surface area (Å²) in [7, 11) is -0.648. The van der Waals surface area contributed by atoms with Crippen LogP contribution in [0.1, 0.15) is 24.2 Å². The lowest BCUT2D eigenvalue weighted by Crippen LogP contribution is -2.35. The first-order chi connectivity index (χ1) is 12.3. The average molecular weight is 401 g/mol. The lowest BCUT2D eigenvalue weighted by atomic mass is 10.0. The van der Waals surface area contributed by atoms with E-state index >= 15 is 0 Å². The molecule has 1 fully saturated rings. The molecule has 3 rings (SSSR count). The van der Waals surface area contributed by atoms with E-state index in [1.165, 1.54) is 36.5 Å². The molecule has 0 saturated carbocycles. The maximum absolute atomic E-state index is 14.1. The molecule has 1 atom stereocenters. The minimum Gasteiger partial charge on any atom is -0.293 e. The Labute approximate surface area is 158 Å². The predicted octanol–water partition coefficient (Wildman–Crippen LogP) is 2.54. The highest BCUT2D eigenvalue weighted by molar-refractivity contribution is 7.87. The van der Waals surface area contributed by atoms with Gasteiger partial charge in [-0.15, -0.1) is 0 Å². The molecule has 0 N–H and O–H groups in total. The summed E-state index contributed by atoms with van der Waals surface area (Å²) in [5, 5.41) is 0.425. The molecule has 1 saturated heterocycles. The number of rotatable bonds is 6. The summed E-state index contributed by atoms with van der Waals surface area (Å²) in [6, 6.07) is 4.79. The number of imidazole rings is 1. The first kappa shape index (κ1) is 19.3. The molecule has 2 aromatic rings. The van der Waals surface area contributed by atoms with Gasteiger partial charge in [0.2, 0.25) is 0 Å². The number of hydrogen-bond donors (Lipinski definition) is 0. The molecule has 1 aromatic carbocycles. The second kappa shape index (κ2) is 7.64. The molecule has 1 aliphatic heterocycles. The molecule has 1 aromatic heterocycles. The van der Waals surface area contributed by atoms with Gasteiger partial charge in [-0.3, -0.25) is 4.90 Å². The number of likely N-dealkylation sites (tertiary alicyclic amines) is 1. The molecular weight excluding hydrogens is 379 g/mol. The standard InChI is InChI=1S/C17H22ClFN4O2S/c1-21(2)26(24,25)23-10-8-20-17(23)12-22-9-4-5-13(22)11-14-15(18)6-3-7-16(14)19/h3,6-8,10,13H,4-5,9,11-12H2,1-2H3. The van der Waals surface area contributed by atoms with Gasteiger partial charge >= 0.3 is 10.2 Å². The van der Waals surface area contributed by atoms with E-state index in [-0.39, 0.29) is 11.9 Å². The first-order valence-electron chi connectivity index (χ1n) is 8.43. The molecule has 1 aliphatic rings. The van der Waals surface area contributed by atoms with E-state index in [1.807, 2.05) is 0 Å². The number of benzene rings is 1. The van der Waals surface area contributed by atoms with Crippen molar-refractivity contribution in [3.63, 3.8) is 0 Å². The Kier molecular flexibility index (Phi) is 5.67.